The van der Waals surface area contributed by atoms with Gasteiger partial charge >= 0.3 is 0 Å². The van der Waals surface area contributed by atoms with E-state index in [1.165, 1.54) is 5.56 Å². The summed E-state index contributed by atoms with van der Waals surface area (Å²) in [7, 11) is 0. The van der Waals surface area contributed by atoms with Gasteiger partial charge in [0.1, 0.15) is 0 Å². The average molecular weight is 268 g/mol. The van der Waals surface area contributed by atoms with E-state index < -0.39 is 0 Å². The normalized spacial score (nSPS) is 11.3. The molecule has 0 amide bonds. The van der Waals surface area contributed by atoms with Gasteiger partial charge < -0.3 is 5.32 Å². The maximum Gasteiger partial charge on any atom is 0.0991 e. The molecule has 0 unspecified atom stereocenters. The number of aromatic amines is 1. The molecule has 0 saturated heterocycles. The molecule has 2 rings (SSSR count). The van der Waals surface area contributed by atoms with E-state index in [1.807, 2.05) is 30.5 Å². The second-order valence-electron chi connectivity index (χ2n) is 5.94. The summed E-state index contributed by atoms with van der Waals surface area (Å²) < 4.78 is 0. The topological polar surface area (TPSA) is 64.5 Å². The SMILES string of the molecule is CC(C)(C)c1[nH]ncc1CNCc1cccc(C#N)c1. The zero-order valence-electron chi connectivity index (χ0n) is 12.2. The molecule has 1 heterocycles. The van der Waals surface area contributed by atoms with Crippen LogP contribution in [-0.4, -0.2) is 10.2 Å². The molecule has 0 spiro atoms. The minimum absolute atomic E-state index is 0.0637. The smallest absolute Gasteiger partial charge is 0.0991 e. The number of nitrogens with zero attached hydrogens (tertiary/aromatic N) is 2. The molecular formula is C16H20N4. The molecule has 1 aromatic heterocycles. The second kappa shape index (κ2) is 5.89. The quantitative estimate of drug-likeness (QED) is 0.896. The van der Waals surface area contributed by atoms with E-state index in [4.69, 9.17) is 5.26 Å². The molecule has 1 aromatic carbocycles. The molecule has 2 aromatic rings. The zero-order chi connectivity index (χ0) is 14.6. The fourth-order valence-electron chi connectivity index (χ4n) is 2.19. The highest BCUT2D eigenvalue weighted by Crippen LogP contribution is 2.23. The second-order valence-corrected chi connectivity index (χ2v) is 5.94. The number of benzene rings is 1. The standard InChI is InChI=1S/C16H20N4/c1-16(2,3)15-14(11-19-20-15)10-18-9-13-6-4-5-12(7-13)8-17/h4-7,11,18H,9-10H2,1-3H3,(H,19,20). The molecule has 4 nitrogen and oxygen atoms in total. The van der Waals surface area contributed by atoms with Crippen LogP contribution in [0, 0.1) is 11.3 Å². The monoisotopic (exact) mass is 268 g/mol. The highest BCUT2D eigenvalue weighted by atomic mass is 15.1. The first-order valence-corrected chi connectivity index (χ1v) is 6.73. The van der Waals surface area contributed by atoms with Crippen molar-refractivity contribution in [1.82, 2.24) is 15.5 Å². The van der Waals surface area contributed by atoms with Gasteiger partial charge in [0, 0.05) is 29.8 Å². The van der Waals surface area contributed by atoms with Crippen molar-refractivity contribution in [1.29, 1.82) is 5.26 Å². The van der Waals surface area contributed by atoms with Gasteiger partial charge in [-0.15, -0.1) is 0 Å². The number of aromatic nitrogens is 2. The lowest BCUT2D eigenvalue weighted by atomic mass is 9.89. The van der Waals surface area contributed by atoms with Gasteiger partial charge in [0.2, 0.25) is 0 Å². The fourth-order valence-corrected chi connectivity index (χ4v) is 2.19. The van der Waals surface area contributed by atoms with E-state index in [2.05, 4.69) is 42.4 Å². The van der Waals surface area contributed by atoms with Crippen LogP contribution in [0.2, 0.25) is 0 Å². The van der Waals surface area contributed by atoms with Crippen LogP contribution in [0.5, 0.6) is 0 Å². The third-order valence-corrected chi connectivity index (χ3v) is 3.17. The fraction of sp³-hybridized carbons (Fsp3) is 0.375. The van der Waals surface area contributed by atoms with Crippen LogP contribution in [0.3, 0.4) is 0 Å². The van der Waals surface area contributed by atoms with Crippen LogP contribution in [0.25, 0.3) is 0 Å². The molecule has 0 aliphatic carbocycles. The summed E-state index contributed by atoms with van der Waals surface area (Å²) in [6, 6.07) is 9.82. The number of H-pyrrole nitrogens is 1. The summed E-state index contributed by atoms with van der Waals surface area (Å²) in [5.74, 6) is 0. The number of hydrogen-bond donors (Lipinski definition) is 2. The van der Waals surface area contributed by atoms with Crippen molar-refractivity contribution in [2.45, 2.75) is 39.3 Å². The van der Waals surface area contributed by atoms with Gasteiger partial charge in [-0.2, -0.15) is 10.4 Å². The van der Waals surface area contributed by atoms with Crippen LogP contribution < -0.4 is 5.32 Å². The van der Waals surface area contributed by atoms with Crippen LogP contribution >= 0.6 is 0 Å². The lowest BCUT2D eigenvalue weighted by molar-refractivity contribution is 0.553. The van der Waals surface area contributed by atoms with Crippen LogP contribution in [0.1, 0.15) is 43.2 Å². The molecule has 0 fully saturated rings. The number of nitrogens with one attached hydrogen (secondary N) is 2. The number of rotatable bonds is 4. The van der Waals surface area contributed by atoms with Crippen molar-refractivity contribution in [2.75, 3.05) is 0 Å². The number of hydrogen-bond acceptors (Lipinski definition) is 3. The lowest BCUT2D eigenvalue weighted by Gasteiger charge is -2.18. The largest absolute Gasteiger partial charge is 0.308 e. The van der Waals surface area contributed by atoms with Crippen LogP contribution in [0.15, 0.2) is 30.5 Å². The Hall–Kier alpha value is -2.12. The first-order chi connectivity index (χ1) is 9.50. The summed E-state index contributed by atoms with van der Waals surface area (Å²) in [5, 5.41) is 19.5. The van der Waals surface area contributed by atoms with Crippen molar-refractivity contribution in [3.8, 4) is 6.07 Å². The van der Waals surface area contributed by atoms with Gasteiger partial charge in [-0.1, -0.05) is 32.9 Å². The molecule has 0 radical (unpaired) electrons. The van der Waals surface area contributed by atoms with E-state index in [9.17, 15) is 0 Å². The Balaban J connectivity index is 1.97. The summed E-state index contributed by atoms with van der Waals surface area (Å²) in [4.78, 5) is 0. The number of nitriles is 1. The lowest BCUT2D eigenvalue weighted by Crippen LogP contribution is -2.19. The third-order valence-electron chi connectivity index (χ3n) is 3.17. The Morgan fingerprint density at radius 1 is 1.30 bits per heavy atom. The van der Waals surface area contributed by atoms with Crippen molar-refractivity contribution in [3.05, 3.63) is 52.8 Å². The molecule has 0 atom stereocenters. The van der Waals surface area contributed by atoms with E-state index in [-0.39, 0.29) is 5.41 Å². The van der Waals surface area contributed by atoms with Gasteiger partial charge in [0.05, 0.1) is 17.8 Å². The van der Waals surface area contributed by atoms with Crippen molar-refractivity contribution in [2.24, 2.45) is 0 Å². The highest BCUT2D eigenvalue weighted by Gasteiger charge is 2.19. The van der Waals surface area contributed by atoms with Crippen LogP contribution in [-0.2, 0) is 18.5 Å². The Morgan fingerprint density at radius 2 is 2.10 bits per heavy atom. The van der Waals surface area contributed by atoms with Crippen molar-refractivity contribution < 1.29 is 0 Å². The first-order valence-electron chi connectivity index (χ1n) is 6.73. The highest BCUT2D eigenvalue weighted by molar-refractivity contribution is 5.32. The summed E-state index contributed by atoms with van der Waals surface area (Å²) in [6.07, 6.45) is 1.87. The molecule has 4 heteroatoms. The van der Waals surface area contributed by atoms with Gasteiger partial charge in [-0.05, 0) is 17.7 Å². The van der Waals surface area contributed by atoms with E-state index in [1.54, 1.807) is 0 Å². The maximum absolute atomic E-state index is 8.88. The Morgan fingerprint density at radius 3 is 2.80 bits per heavy atom. The van der Waals surface area contributed by atoms with Gasteiger partial charge in [0.15, 0.2) is 0 Å². The molecule has 0 aliphatic rings. The summed E-state index contributed by atoms with van der Waals surface area (Å²) in [6.45, 7) is 8.01. The van der Waals surface area contributed by atoms with E-state index >= 15 is 0 Å². The molecule has 0 bridgehead atoms. The maximum atomic E-state index is 8.88. The third kappa shape index (κ3) is 3.46. The molecule has 0 saturated carbocycles. The Kier molecular flexibility index (Phi) is 4.21. The van der Waals surface area contributed by atoms with Gasteiger partial charge in [-0.3, -0.25) is 5.10 Å². The van der Waals surface area contributed by atoms with E-state index in [0.29, 0.717) is 5.56 Å². The predicted molar refractivity (Wildman–Crippen MR) is 79.0 cm³/mol. The Labute approximate surface area is 119 Å². The van der Waals surface area contributed by atoms with Gasteiger partial charge in [0.25, 0.3) is 0 Å². The molecular weight excluding hydrogens is 248 g/mol. The Bertz CT molecular complexity index is 614. The molecule has 20 heavy (non-hydrogen) atoms. The van der Waals surface area contributed by atoms with Crippen LogP contribution in [0.4, 0.5) is 0 Å². The minimum atomic E-state index is 0.0637. The minimum Gasteiger partial charge on any atom is -0.308 e. The zero-order valence-corrected chi connectivity index (χ0v) is 12.2. The summed E-state index contributed by atoms with van der Waals surface area (Å²) in [5.41, 5.74) is 4.23. The van der Waals surface area contributed by atoms with Crippen molar-refractivity contribution >= 4 is 0 Å². The van der Waals surface area contributed by atoms with E-state index in [0.717, 1.165) is 24.3 Å². The molecule has 2 N–H and O–H groups in total. The van der Waals surface area contributed by atoms with Crippen molar-refractivity contribution in [3.63, 3.8) is 0 Å². The first kappa shape index (κ1) is 14.3. The van der Waals surface area contributed by atoms with Gasteiger partial charge in [-0.25, -0.2) is 0 Å². The molecule has 0 aliphatic heterocycles. The average Bonchev–Trinajstić information content (AvgIpc) is 2.87. The summed E-state index contributed by atoms with van der Waals surface area (Å²) >= 11 is 0. The molecule has 104 valence electrons. The predicted octanol–water partition coefficient (Wildman–Crippen LogP) is 2.87.